The average molecular weight is 411 g/mol. The topological polar surface area (TPSA) is 50.8 Å². The lowest BCUT2D eigenvalue weighted by Gasteiger charge is -2.19. The summed E-state index contributed by atoms with van der Waals surface area (Å²) < 4.78 is 11.8. The lowest BCUT2D eigenvalue weighted by molar-refractivity contribution is -0.122. The molecule has 1 aliphatic rings. The van der Waals surface area contributed by atoms with Gasteiger partial charge in [0.25, 0.3) is 0 Å². The number of carbonyl (C=O) groups excluding carboxylic acids is 1. The van der Waals surface area contributed by atoms with Crippen LogP contribution in [0, 0.1) is 0 Å². The van der Waals surface area contributed by atoms with E-state index in [4.69, 9.17) is 9.47 Å². The number of carbonyl (C=O) groups is 1. The fourth-order valence-electron chi connectivity index (χ4n) is 2.56. The van der Waals surface area contributed by atoms with Crippen LogP contribution in [0.15, 0.2) is 34.1 Å². The van der Waals surface area contributed by atoms with Gasteiger partial charge in [-0.1, -0.05) is 6.07 Å². The number of halogens is 1. The molecule has 1 aromatic carbocycles. The molecule has 0 radical (unpaired) electrons. The third kappa shape index (κ3) is 4.28. The van der Waals surface area contributed by atoms with Crippen LogP contribution < -0.4 is 14.8 Å². The van der Waals surface area contributed by atoms with Gasteiger partial charge in [-0.05, 0) is 59.7 Å². The van der Waals surface area contributed by atoms with Gasteiger partial charge in [0.15, 0.2) is 11.5 Å². The van der Waals surface area contributed by atoms with Gasteiger partial charge in [0.2, 0.25) is 12.7 Å². The summed E-state index contributed by atoms with van der Waals surface area (Å²) in [6.07, 6.45) is 0. The molecule has 1 amide bonds. The highest BCUT2D eigenvalue weighted by Gasteiger charge is 2.17. The van der Waals surface area contributed by atoms with E-state index in [0.717, 1.165) is 27.4 Å². The molecule has 0 unspecified atom stereocenters. The minimum Gasteiger partial charge on any atom is -0.454 e. The van der Waals surface area contributed by atoms with E-state index in [-0.39, 0.29) is 18.7 Å². The number of hydrogen-bond acceptors (Lipinski definition) is 5. The van der Waals surface area contributed by atoms with E-state index in [1.807, 2.05) is 43.1 Å². The van der Waals surface area contributed by atoms with E-state index in [1.165, 1.54) is 4.88 Å². The summed E-state index contributed by atoms with van der Waals surface area (Å²) in [5, 5.41) is 3.03. The molecule has 7 heteroatoms. The first-order valence-electron chi connectivity index (χ1n) is 7.63. The number of fused-ring (bicyclic) bond motifs is 1. The lowest BCUT2D eigenvalue weighted by Crippen LogP contribution is -2.36. The Bertz CT molecular complexity index is 734. The second kappa shape index (κ2) is 7.55. The van der Waals surface area contributed by atoms with Crippen molar-refractivity contribution in [3.63, 3.8) is 0 Å². The molecule has 5 nitrogen and oxygen atoms in total. The Morgan fingerprint density at radius 2 is 2.12 bits per heavy atom. The van der Waals surface area contributed by atoms with Crippen molar-refractivity contribution >= 4 is 33.2 Å². The van der Waals surface area contributed by atoms with Gasteiger partial charge < -0.3 is 14.8 Å². The van der Waals surface area contributed by atoms with Crippen molar-refractivity contribution in [2.45, 2.75) is 19.5 Å². The zero-order chi connectivity index (χ0) is 17.1. The van der Waals surface area contributed by atoms with Crippen molar-refractivity contribution in [1.82, 2.24) is 10.2 Å². The Balaban J connectivity index is 1.52. The zero-order valence-electron chi connectivity index (χ0n) is 13.5. The van der Waals surface area contributed by atoms with Crippen LogP contribution in [0.4, 0.5) is 0 Å². The van der Waals surface area contributed by atoms with E-state index in [2.05, 4.69) is 27.3 Å². The number of rotatable bonds is 6. The summed E-state index contributed by atoms with van der Waals surface area (Å²) in [7, 11) is 1.94. The van der Waals surface area contributed by atoms with Gasteiger partial charge >= 0.3 is 0 Å². The van der Waals surface area contributed by atoms with Crippen LogP contribution in [-0.4, -0.2) is 31.2 Å². The quantitative estimate of drug-likeness (QED) is 0.790. The summed E-state index contributed by atoms with van der Waals surface area (Å²) in [6, 6.07) is 9.75. The lowest BCUT2D eigenvalue weighted by atomic mass is 10.1. The van der Waals surface area contributed by atoms with Crippen molar-refractivity contribution in [1.29, 1.82) is 0 Å². The number of nitrogens with zero attached hydrogens (tertiary/aromatic N) is 1. The number of likely N-dealkylation sites (N-methyl/N-ethyl adjacent to an activating group) is 1. The van der Waals surface area contributed by atoms with Crippen LogP contribution in [0.1, 0.15) is 23.4 Å². The van der Waals surface area contributed by atoms with Crippen LogP contribution >= 0.6 is 27.3 Å². The minimum atomic E-state index is -0.0868. The second-order valence-electron chi connectivity index (χ2n) is 5.78. The molecule has 2 heterocycles. The number of ether oxygens (including phenoxy) is 2. The van der Waals surface area contributed by atoms with Crippen LogP contribution in [0.5, 0.6) is 11.5 Å². The number of benzene rings is 1. The van der Waals surface area contributed by atoms with Gasteiger partial charge in [-0.3, -0.25) is 9.69 Å². The summed E-state index contributed by atoms with van der Waals surface area (Å²) >= 11 is 5.14. The highest BCUT2D eigenvalue weighted by molar-refractivity contribution is 9.11. The molecule has 1 N–H and O–H groups in total. The van der Waals surface area contributed by atoms with Crippen molar-refractivity contribution in [2.24, 2.45) is 0 Å². The van der Waals surface area contributed by atoms with E-state index in [0.29, 0.717) is 6.54 Å². The Hall–Kier alpha value is -1.57. The van der Waals surface area contributed by atoms with Gasteiger partial charge in [-0.15, -0.1) is 11.3 Å². The molecule has 0 bridgehead atoms. The molecule has 1 aromatic heterocycles. The van der Waals surface area contributed by atoms with Crippen LogP contribution in [0.25, 0.3) is 0 Å². The average Bonchev–Trinajstić information content (AvgIpc) is 3.14. The molecule has 0 aliphatic carbocycles. The van der Waals surface area contributed by atoms with E-state index >= 15 is 0 Å². The molecule has 2 aromatic rings. The molecule has 0 fully saturated rings. The summed E-state index contributed by atoms with van der Waals surface area (Å²) in [4.78, 5) is 15.5. The Morgan fingerprint density at radius 1 is 1.33 bits per heavy atom. The highest BCUT2D eigenvalue weighted by atomic mass is 79.9. The van der Waals surface area contributed by atoms with Gasteiger partial charge in [-0.2, -0.15) is 0 Å². The maximum atomic E-state index is 12.3. The Morgan fingerprint density at radius 3 is 2.88 bits per heavy atom. The monoisotopic (exact) mass is 410 g/mol. The highest BCUT2D eigenvalue weighted by Crippen LogP contribution is 2.34. The zero-order valence-corrected chi connectivity index (χ0v) is 15.9. The van der Waals surface area contributed by atoms with Crippen molar-refractivity contribution in [3.8, 4) is 11.5 Å². The molecule has 24 heavy (non-hydrogen) atoms. The first-order chi connectivity index (χ1) is 11.5. The molecular weight excluding hydrogens is 392 g/mol. The molecular formula is C17H19BrN2O3S. The van der Waals surface area contributed by atoms with E-state index in [1.54, 1.807) is 11.3 Å². The van der Waals surface area contributed by atoms with Gasteiger partial charge in [-0.25, -0.2) is 0 Å². The summed E-state index contributed by atoms with van der Waals surface area (Å²) in [5.74, 6) is 1.48. The Kier molecular flexibility index (Phi) is 5.43. The van der Waals surface area contributed by atoms with Gasteiger partial charge in [0.05, 0.1) is 16.4 Å². The maximum Gasteiger partial charge on any atom is 0.234 e. The molecule has 1 atom stereocenters. The fourth-order valence-corrected chi connectivity index (χ4v) is 4.12. The van der Waals surface area contributed by atoms with Gasteiger partial charge in [0.1, 0.15) is 0 Å². The predicted molar refractivity (Wildman–Crippen MR) is 97.5 cm³/mol. The first kappa shape index (κ1) is 17.3. The predicted octanol–water partition coefficient (Wildman–Crippen LogP) is 3.55. The Labute approximate surface area is 153 Å². The van der Waals surface area contributed by atoms with Crippen molar-refractivity contribution < 1.29 is 14.3 Å². The van der Waals surface area contributed by atoms with E-state index < -0.39 is 0 Å². The smallest absolute Gasteiger partial charge is 0.234 e. The van der Waals surface area contributed by atoms with E-state index in [9.17, 15) is 4.79 Å². The van der Waals surface area contributed by atoms with Crippen LogP contribution in [0.3, 0.4) is 0 Å². The number of amides is 1. The maximum absolute atomic E-state index is 12.3. The standard InChI is InChI=1S/C17H19BrN2O3S/c1-11(12-3-5-14-15(7-12)23-10-22-14)19-17(21)9-20(2)8-13-4-6-16(18)24-13/h3-7,11H,8-10H2,1-2H3,(H,19,21)/t11-/m0/s1. The number of nitrogens with one attached hydrogen (secondary N) is 1. The number of hydrogen-bond donors (Lipinski definition) is 1. The molecule has 1 aliphatic heterocycles. The third-order valence-electron chi connectivity index (χ3n) is 3.74. The van der Waals surface area contributed by atoms with Crippen molar-refractivity contribution in [2.75, 3.05) is 20.4 Å². The molecule has 128 valence electrons. The fraction of sp³-hybridized carbons (Fsp3) is 0.353. The summed E-state index contributed by atoms with van der Waals surface area (Å²) in [5.41, 5.74) is 0.998. The SMILES string of the molecule is C[C@H](NC(=O)CN(C)Cc1ccc(Br)s1)c1ccc2c(c1)OCO2. The molecule has 0 spiro atoms. The normalized spacial score (nSPS) is 14.0. The largest absolute Gasteiger partial charge is 0.454 e. The molecule has 0 saturated carbocycles. The van der Waals surface area contributed by atoms with Crippen LogP contribution in [0.2, 0.25) is 0 Å². The van der Waals surface area contributed by atoms with Crippen molar-refractivity contribution in [3.05, 3.63) is 44.6 Å². The molecule has 3 rings (SSSR count). The number of thiophene rings is 1. The van der Waals surface area contributed by atoms with Gasteiger partial charge in [0, 0.05) is 11.4 Å². The first-order valence-corrected chi connectivity index (χ1v) is 9.24. The van der Waals surface area contributed by atoms with Crippen LogP contribution in [-0.2, 0) is 11.3 Å². The summed E-state index contributed by atoms with van der Waals surface area (Å²) in [6.45, 7) is 3.32. The molecule has 0 saturated heterocycles. The third-order valence-corrected chi connectivity index (χ3v) is 5.35. The second-order valence-corrected chi connectivity index (χ2v) is 8.33. The minimum absolute atomic E-state index is 0.00158.